The minimum absolute atomic E-state index is 0.440. The molecule has 0 bridgehead atoms. The van der Waals surface area contributed by atoms with Crippen molar-refractivity contribution in [2.24, 2.45) is 5.73 Å². The normalized spacial score (nSPS) is 16.9. The van der Waals surface area contributed by atoms with Crippen LogP contribution in [0.5, 0.6) is 11.5 Å². The minimum Gasteiger partial charge on any atom is -0.476 e. The highest BCUT2D eigenvalue weighted by molar-refractivity contribution is 5.75. The molecule has 0 aliphatic carbocycles. The lowest BCUT2D eigenvalue weighted by Gasteiger charge is -2.08. The van der Waals surface area contributed by atoms with Crippen molar-refractivity contribution in [2.45, 2.75) is 12.7 Å². The number of carbonyl (C=O) groups is 1. The van der Waals surface area contributed by atoms with Crippen LogP contribution in [-0.2, 0) is 4.79 Å². The molecule has 17 heavy (non-hydrogen) atoms. The summed E-state index contributed by atoms with van der Waals surface area (Å²) in [6.07, 6.45) is -0.435. The molecule has 0 radical (unpaired) electrons. The van der Waals surface area contributed by atoms with Crippen LogP contribution in [-0.4, -0.2) is 30.5 Å². The third-order valence-corrected chi connectivity index (χ3v) is 2.34. The molecule has 0 spiro atoms. The Hall–Kier alpha value is -1.95. The first-order valence-corrected chi connectivity index (χ1v) is 5.35. The zero-order valence-electron chi connectivity index (χ0n) is 9.18. The van der Waals surface area contributed by atoms with E-state index in [1.807, 2.05) is 6.07 Å². The number of hydrogen-bond acceptors (Lipinski definition) is 5. The van der Waals surface area contributed by atoms with Crippen molar-refractivity contribution in [2.75, 3.05) is 18.4 Å². The van der Waals surface area contributed by atoms with E-state index >= 15 is 0 Å². The summed E-state index contributed by atoms with van der Waals surface area (Å²) in [6.45, 7) is 1.30. The maximum atomic E-state index is 10.8. The second-order valence-corrected chi connectivity index (χ2v) is 3.61. The third-order valence-electron chi connectivity index (χ3n) is 2.34. The van der Waals surface area contributed by atoms with Crippen LogP contribution in [0.15, 0.2) is 18.2 Å². The van der Waals surface area contributed by atoms with Crippen molar-refractivity contribution >= 4 is 11.7 Å². The highest BCUT2D eigenvalue weighted by Crippen LogP contribution is 2.40. The molecular formula is C11H14N2O4. The summed E-state index contributed by atoms with van der Waals surface area (Å²) in [5.74, 6) is -0.263. The molecule has 0 fully saturated rings. The molecule has 0 amide bonds. The SMILES string of the molecule is NCCCNc1cccc2c1OC(C(=O)O)O2. The van der Waals surface area contributed by atoms with Crippen LogP contribution in [0.1, 0.15) is 6.42 Å². The highest BCUT2D eigenvalue weighted by atomic mass is 16.7. The first-order chi connectivity index (χ1) is 8.22. The average Bonchev–Trinajstić information content (AvgIpc) is 2.74. The Morgan fingerprint density at radius 3 is 3.00 bits per heavy atom. The monoisotopic (exact) mass is 238 g/mol. The van der Waals surface area contributed by atoms with E-state index in [-0.39, 0.29) is 0 Å². The van der Waals surface area contributed by atoms with Gasteiger partial charge in [0.25, 0.3) is 0 Å². The van der Waals surface area contributed by atoms with Crippen LogP contribution in [0.25, 0.3) is 0 Å². The Balaban J connectivity index is 2.11. The quantitative estimate of drug-likeness (QED) is 0.651. The van der Waals surface area contributed by atoms with Gasteiger partial charge in [-0.2, -0.15) is 0 Å². The Labute approximate surface area is 98.3 Å². The van der Waals surface area contributed by atoms with Crippen molar-refractivity contribution in [3.05, 3.63) is 18.2 Å². The number of benzene rings is 1. The van der Waals surface area contributed by atoms with Crippen LogP contribution in [0.3, 0.4) is 0 Å². The smallest absolute Gasteiger partial charge is 0.387 e. The van der Waals surface area contributed by atoms with E-state index in [4.69, 9.17) is 20.3 Å². The number of nitrogens with two attached hydrogens (primary N) is 1. The van der Waals surface area contributed by atoms with E-state index in [1.54, 1.807) is 12.1 Å². The van der Waals surface area contributed by atoms with Crippen LogP contribution in [0.4, 0.5) is 5.69 Å². The largest absolute Gasteiger partial charge is 0.476 e. The molecule has 92 valence electrons. The van der Waals surface area contributed by atoms with Gasteiger partial charge in [-0.25, -0.2) is 4.79 Å². The molecule has 6 heteroatoms. The Bertz CT molecular complexity index is 422. The van der Waals surface area contributed by atoms with E-state index < -0.39 is 12.3 Å². The van der Waals surface area contributed by atoms with Crippen LogP contribution >= 0.6 is 0 Å². The molecule has 1 heterocycles. The number of anilines is 1. The van der Waals surface area contributed by atoms with Gasteiger partial charge in [0.2, 0.25) is 0 Å². The molecule has 6 nitrogen and oxygen atoms in total. The highest BCUT2D eigenvalue weighted by Gasteiger charge is 2.32. The van der Waals surface area contributed by atoms with Gasteiger partial charge < -0.3 is 25.6 Å². The Kier molecular flexibility index (Phi) is 3.34. The Morgan fingerprint density at radius 1 is 1.47 bits per heavy atom. The lowest BCUT2D eigenvalue weighted by atomic mass is 10.2. The fraction of sp³-hybridized carbons (Fsp3) is 0.364. The molecule has 0 saturated heterocycles. The molecule has 1 unspecified atom stereocenters. The summed E-state index contributed by atoms with van der Waals surface area (Å²) in [7, 11) is 0. The molecule has 4 N–H and O–H groups in total. The van der Waals surface area contributed by atoms with Gasteiger partial charge in [0.15, 0.2) is 11.5 Å². The summed E-state index contributed by atoms with van der Waals surface area (Å²) in [6, 6.07) is 5.26. The summed E-state index contributed by atoms with van der Waals surface area (Å²) >= 11 is 0. The minimum atomic E-state index is -1.26. The van der Waals surface area contributed by atoms with Gasteiger partial charge in [-0.3, -0.25) is 0 Å². The molecule has 2 rings (SSSR count). The van der Waals surface area contributed by atoms with E-state index in [2.05, 4.69) is 5.32 Å². The summed E-state index contributed by atoms with van der Waals surface area (Å²) in [4.78, 5) is 10.8. The summed E-state index contributed by atoms with van der Waals surface area (Å²) in [5, 5.41) is 11.9. The first-order valence-electron chi connectivity index (χ1n) is 5.35. The molecule has 1 aliphatic rings. The number of aliphatic carboxylic acids is 1. The number of rotatable bonds is 5. The number of para-hydroxylation sites is 1. The summed E-state index contributed by atoms with van der Waals surface area (Å²) in [5.41, 5.74) is 6.12. The van der Waals surface area contributed by atoms with Gasteiger partial charge in [0, 0.05) is 6.54 Å². The fourth-order valence-electron chi connectivity index (χ4n) is 1.54. The van der Waals surface area contributed by atoms with E-state index in [0.717, 1.165) is 12.1 Å². The molecule has 1 aliphatic heterocycles. The molecule has 0 saturated carbocycles. The summed E-state index contributed by atoms with van der Waals surface area (Å²) < 4.78 is 10.3. The number of carboxylic acids is 1. The van der Waals surface area contributed by atoms with Crippen molar-refractivity contribution in [3.8, 4) is 11.5 Å². The van der Waals surface area contributed by atoms with Crippen LogP contribution < -0.4 is 20.5 Å². The molecule has 1 atom stereocenters. The van der Waals surface area contributed by atoms with Gasteiger partial charge >= 0.3 is 12.3 Å². The van der Waals surface area contributed by atoms with E-state index in [1.165, 1.54) is 0 Å². The molecule has 1 aromatic carbocycles. The second kappa shape index (κ2) is 4.92. The van der Waals surface area contributed by atoms with Crippen LogP contribution in [0.2, 0.25) is 0 Å². The number of fused-ring (bicyclic) bond motifs is 1. The maximum Gasteiger partial charge on any atom is 0.387 e. The van der Waals surface area contributed by atoms with Crippen molar-refractivity contribution in [3.63, 3.8) is 0 Å². The van der Waals surface area contributed by atoms with Gasteiger partial charge in [0.1, 0.15) is 0 Å². The maximum absolute atomic E-state index is 10.8. The first kappa shape index (κ1) is 11.5. The average molecular weight is 238 g/mol. The predicted molar refractivity (Wildman–Crippen MR) is 61.3 cm³/mol. The number of nitrogens with one attached hydrogen (secondary N) is 1. The van der Waals surface area contributed by atoms with E-state index in [0.29, 0.717) is 24.6 Å². The molecular weight excluding hydrogens is 224 g/mol. The van der Waals surface area contributed by atoms with Gasteiger partial charge in [0.05, 0.1) is 5.69 Å². The third kappa shape index (κ3) is 2.42. The lowest BCUT2D eigenvalue weighted by molar-refractivity contribution is -0.154. The van der Waals surface area contributed by atoms with Crippen molar-refractivity contribution in [1.82, 2.24) is 0 Å². The fourth-order valence-corrected chi connectivity index (χ4v) is 1.54. The topological polar surface area (TPSA) is 93.8 Å². The zero-order valence-corrected chi connectivity index (χ0v) is 9.18. The Morgan fingerprint density at radius 2 is 2.29 bits per heavy atom. The van der Waals surface area contributed by atoms with Crippen molar-refractivity contribution in [1.29, 1.82) is 0 Å². The predicted octanol–water partition coefficient (Wildman–Crippen LogP) is 0.629. The van der Waals surface area contributed by atoms with Gasteiger partial charge in [-0.15, -0.1) is 0 Å². The number of hydrogen-bond donors (Lipinski definition) is 3. The van der Waals surface area contributed by atoms with Gasteiger partial charge in [-0.05, 0) is 25.1 Å². The number of carboxylic acid groups (broad SMARTS) is 1. The van der Waals surface area contributed by atoms with Crippen LogP contribution in [0, 0.1) is 0 Å². The molecule has 1 aromatic rings. The van der Waals surface area contributed by atoms with Gasteiger partial charge in [-0.1, -0.05) is 6.07 Å². The number of ether oxygens (including phenoxy) is 2. The zero-order chi connectivity index (χ0) is 12.3. The standard InChI is InChI=1S/C11H14N2O4/c12-5-2-6-13-7-3-1-4-8-9(7)17-11(16-8)10(14)15/h1,3-4,11,13H,2,5-6,12H2,(H,14,15). The molecule has 0 aromatic heterocycles. The second-order valence-electron chi connectivity index (χ2n) is 3.61. The van der Waals surface area contributed by atoms with E-state index in [9.17, 15) is 4.79 Å². The lowest BCUT2D eigenvalue weighted by Crippen LogP contribution is -2.28. The van der Waals surface area contributed by atoms with Crippen molar-refractivity contribution < 1.29 is 19.4 Å².